The molecule has 24 N–H and O–H groups in total. The number of para-hydroxylation sites is 2. The lowest BCUT2D eigenvalue weighted by Gasteiger charge is -2.30. The number of nitrogens with one attached hydrogen (secondary N) is 14. The molecule has 13 atom stereocenters. The average molecular weight is 1700 g/mol. The second-order valence-corrected chi connectivity index (χ2v) is 28.4. The number of anilines is 1. The van der Waals surface area contributed by atoms with Gasteiger partial charge < -0.3 is 126 Å². The number of hydrogen-bond donors (Lipinski definition) is 21. The number of aliphatic hydroxyl groups is 1. The van der Waals surface area contributed by atoms with Gasteiger partial charge in [0.15, 0.2) is 11.8 Å². The molecule has 0 saturated carbocycles. The van der Waals surface area contributed by atoms with Gasteiger partial charge in [0.25, 0.3) is 5.91 Å². The minimum absolute atomic E-state index is 0.0583. The summed E-state index contributed by atoms with van der Waals surface area (Å²) in [6.45, 7) is 1.70. The molecule has 656 valence electrons. The van der Waals surface area contributed by atoms with Crippen LogP contribution in [0, 0.1) is 5.92 Å². The average Bonchev–Trinajstić information content (AvgIpc) is 1.41. The van der Waals surface area contributed by atoms with E-state index in [-0.39, 0.29) is 43.3 Å². The number of carboxylic acid groups (broad SMARTS) is 3. The monoisotopic (exact) mass is 1700 g/mol. The second kappa shape index (κ2) is 47.4. The molecule has 1 saturated heterocycles. The van der Waals surface area contributed by atoms with Gasteiger partial charge in [0.05, 0.1) is 52.0 Å². The number of aldehydes is 1. The molecule has 14 amide bonds. The fourth-order valence-corrected chi connectivity index (χ4v) is 12.3. The molecule has 122 heavy (non-hydrogen) atoms. The number of nitrogen functional groups attached to an aromatic ring is 1. The van der Waals surface area contributed by atoms with Gasteiger partial charge in [-0.15, -0.1) is 0 Å². The number of aromatic nitrogens is 1. The largest absolute Gasteiger partial charge is 0.494 e. The highest BCUT2D eigenvalue weighted by Crippen LogP contribution is 2.25. The van der Waals surface area contributed by atoms with Gasteiger partial charge in [-0.05, 0) is 105 Å². The molecule has 6 rings (SSSR count). The van der Waals surface area contributed by atoms with E-state index in [4.69, 9.17) is 26.7 Å². The zero-order chi connectivity index (χ0) is 90.0. The number of ether oxygens (including phenoxy) is 2. The van der Waals surface area contributed by atoms with Crippen LogP contribution >= 0.6 is 0 Å². The Labute approximate surface area is 696 Å². The van der Waals surface area contributed by atoms with Crippen LogP contribution in [0.1, 0.15) is 118 Å². The van der Waals surface area contributed by atoms with Crippen molar-refractivity contribution < 1.29 is 126 Å². The number of benzene rings is 4. The van der Waals surface area contributed by atoms with Crippen LogP contribution < -0.4 is 91.1 Å². The lowest BCUT2D eigenvalue weighted by Crippen LogP contribution is -2.62. The number of nitrogens with two attached hydrogens (primary N) is 3. The number of fused-ring (bicyclic) bond motifs is 1. The highest BCUT2D eigenvalue weighted by molar-refractivity contribution is 6.16. The summed E-state index contributed by atoms with van der Waals surface area (Å²) in [5.41, 5.74) is 19.2. The summed E-state index contributed by atoms with van der Waals surface area (Å²) in [5.74, 6) is -28.2. The minimum atomic E-state index is -2.71. The van der Waals surface area contributed by atoms with Crippen LogP contribution in [0.3, 0.4) is 0 Å². The van der Waals surface area contributed by atoms with E-state index in [0.29, 0.717) is 34.4 Å². The van der Waals surface area contributed by atoms with Gasteiger partial charge in [0, 0.05) is 46.8 Å². The molecule has 2 heterocycles. The van der Waals surface area contributed by atoms with Crippen LogP contribution in [0.25, 0.3) is 22.0 Å². The van der Waals surface area contributed by atoms with E-state index < -0.39 is 248 Å². The molecule has 4 aromatic carbocycles. The predicted molar refractivity (Wildman–Crippen MR) is 428 cm³/mol. The first-order valence-electron chi connectivity index (χ1n) is 38.5. The number of esters is 1. The van der Waals surface area contributed by atoms with E-state index in [0.717, 1.165) is 57.7 Å². The van der Waals surface area contributed by atoms with Crippen molar-refractivity contribution in [3.05, 3.63) is 120 Å². The Hall–Kier alpha value is -14.3. The molecular formula is C79H99N17O26. The van der Waals surface area contributed by atoms with Crippen molar-refractivity contribution in [2.24, 2.45) is 17.4 Å². The van der Waals surface area contributed by atoms with Crippen molar-refractivity contribution in [3.63, 3.8) is 0 Å². The number of H-pyrrole nitrogens is 1. The summed E-state index contributed by atoms with van der Waals surface area (Å²) >= 11 is 0. The van der Waals surface area contributed by atoms with Gasteiger partial charge in [-0.1, -0.05) is 81.3 Å². The maximum atomic E-state index is 14.9. The Morgan fingerprint density at radius 1 is 0.598 bits per heavy atom. The van der Waals surface area contributed by atoms with Crippen LogP contribution in [0.4, 0.5) is 5.69 Å². The van der Waals surface area contributed by atoms with E-state index >= 15 is 0 Å². The van der Waals surface area contributed by atoms with Crippen molar-refractivity contribution in [2.45, 2.75) is 171 Å². The number of ketones is 1. The van der Waals surface area contributed by atoms with E-state index in [2.05, 4.69) is 65.1 Å². The highest BCUT2D eigenvalue weighted by atomic mass is 16.5. The third-order valence-corrected chi connectivity index (χ3v) is 18.9. The predicted octanol–water partition coefficient (Wildman–Crippen LogP) is -4.49. The minimum Gasteiger partial charge on any atom is -0.494 e. The molecule has 43 nitrogen and oxygen atoms in total. The Bertz CT molecular complexity index is 4680. The summed E-state index contributed by atoms with van der Waals surface area (Å²) in [7, 11) is 0. The Balaban J connectivity index is 1.39. The topological polar surface area (TPSA) is 691 Å². The van der Waals surface area contributed by atoms with Crippen molar-refractivity contribution in [1.29, 1.82) is 0 Å². The second-order valence-electron chi connectivity index (χ2n) is 28.4. The molecule has 0 spiro atoms. The Morgan fingerprint density at radius 2 is 1.18 bits per heavy atom. The molecule has 1 aliphatic rings. The van der Waals surface area contributed by atoms with Crippen molar-refractivity contribution in [3.8, 4) is 16.9 Å². The molecule has 1 unspecified atom stereocenters. The van der Waals surface area contributed by atoms with Crippen LogP contribution in [-0.2, 0) is 97.5 Å². The zero-order valence-corrected chi connectivity index (χ0v) is 66.7. The number of cyclic esters (lactones) is 1. The Kier molecular flexibility index (Phi) is 37.5. The van der Waals surface area contributed by atoms with Crippen LogP contribution in [0.5, 0.6) is 5.75 Å². The summed E-state index contributed by atoms with van der Waals surface area (Å²) in [5, 5.41) is 69.0. The molecule has 0 radical (unpaired) electrons. The van der Waals surface area contributed by atoms with E-state index in [1.165, 1.54) is 24.3 Å². The molecule has 0 aliphatic carbocycles. The van der Waals surface area contributed by atoms with Crippen molar-refractivity contribution in [1.82, 2.24) is 74.1 Å². The van der Waals surface area contributed by atoms with Crippen molar-refractivity contribution in [2.75, 3.05) is 38.6 Å². The summed E-state index contributed by atoms with van der Waals surface area (Å²) in [6.07, 6.45) is -3.81. The van der Waals surface area contributed by atoms with E-state index in [9.17, 15) is 116 Å². The summed E-state index contributed by atoms with van der Waals surface area (Å²) in [4.78, 5) is 278. The molecular weight excluding hydrogens is 1600 g/mol. The summed E-state index contributed by atoms with van der Waals surface area (Å²) < 4.78 is 11.5. The number of aromatic amines is 1. The molecule has 5 aromatic rings. The maximum absolute atomic E-state index is 14.9. The van der Waals surface area contributed by atoms with Crippen LogP contribution in [-0.4, -0.2) is 249 Å². The number of hydrogen-bond acceptors (Lipinski definition) is 25. The van der Waals surface area contributed by atoms with E-state index in [1.54, 1.807) is 54.7 Å². The van der Waals surface area contributed by atoms with Gasteiger partial charge in [-0.3, -0.25) is 86.3 Å². The molecule has 1 aromatic heterocycles. The van der Waals surface area contributed by atoms with Crippen LogP contribution in [0.15, 0.2) is 103 Å². The number of carbonyl (C=O) groups excluding carboxylic acids is 17. The fourth-order valence-electron chi connectivity index (χ4n) is 12.3. The number of primary amides is 1. The standard InChI is InChI=1S/C79H99N17O26/c1-5-6-11-29-121-46-24-22-43(23-25-46)42-18-20-44(21-19-42)69(110)91-53(31-45-35-83-50-16-10-8-13-47(45)50)73(114)92-54(32-58(82)99)74(115)93-56(34-63(106)107)75(116)95-65-41(4)122-79(120)66(67(108)48-14-7-9-15-49(48)81)96-78(119)64(39(2)30-61(102)103)94-76(117)57(38-98)88-60(101)36-84-70(111)55(33-62(104)105)90-68(109)40(3)86-71(112)52(26-28-97)89-72(113)51(17-12-27-80)87-59(100)37-85-77(65)118/h7-10,13-16,18-25,28,35,39-41,51-57,64-66,83,98H,5-6,11-12,17,26-27,29-34,36-38,80-81H2,1-4H3,(H2,82,99)(H,84,111)(H,85,118)(H,86,112)(H,87,100)(H,88,101)(H,89,113)(H,90,109)(H,91,110)(H,92,114)(H,93,115)(H,94,117)(H,95,116)(H,96,119)(H,102,103)(H,104,105)(H,106,107)/t39-,40-,41-,51+,52+,53+,54-,55+,56+,57-,64+,65+,66?/m1/s1. The maximum Gasteiger partial charge on any atom is 0.337 e. The number of Topliss-reactive ketones (excluding diaryl/α,β-unsaturated/α-hetero) is 1. The van der Waals surface area contributed by atoms with Gasteiger partial charge >= 0.3 is 23.9 Å². The third kappa shape index (κ3) is 29.7. The first-order valence-corrected chi connectivity index (χ1v) is 38.5. The van der Waals surface area contributed by atoms with Gasteiger partial charge in [-0.2, -0.15) is 0 Å². The number of aliphatic hydroxyl groups excluding tert-OH is 1. The molecule has 1 fully saturated rings. The first-order chi connectivity index (χ1) is 57.9. The number of rotatable bonds is 33. The molecule has 1 aliphatic heterocycles. The third-order valence-electron chi connectivity index (χ3n) is 18.9. The Morgan fingerprint density at radius 3 is 1.79 bits per heavy atom. The normalized spacial score (nSPS) is 20.6. The highest BCUT2D eigenvalue weighted by Gasteiger charge is 2.42. The number of unbranched alkanes of at least 4 members (excludes halogenated alkanes) is 2. The molecule has 43 heteroatoms. The first kappa shape index (κ1) is 96.6. The molecule has 0 bridgehead atoms. The fraction of sp³-hybridized carbons (Fsp3) is 0.418. The lowest BCUT2D eigenvalue weighted by molar-refractivity contribution is -0.155. The summed E-state index contributed by atoms with van der Waals surface area (Å²) in [6, 6.07) is 2.22. The number of carbonyl (C=O) groups is 20. The van der Waals surface area contributed by atoms with Crippen molar-refractivity contribution >= 4 is 135 Å². The van der Waals surface area contributed by atoms with Gasteiger partial charge in [-0.25, -0.2) is 4.79 Å². The van der Waals surface area contributed by atoms with E-state index in [1.807, 2.05) is 28.1 Å². The number of carboxylic acids is 3. The number of aliphatic carboxylic acids is 3. The quantitative estimate of drug-likeness (QED) is 0.00470. The number of amides is 14. The smallest absolute Gasteiger partial charge is 0.337 e. The van der Waals surface area contributed by atoms with Crippen LogP contribution in [0.2, 0.25) is 0 Å². The zero-order valence-electron chi connectivity index (χ0n) is 66.7. The van der Waals surface area contributed by atoms with Gasteiger partial charge in [0.2, 0.25) is 76.8 Å². The lowest BCUT2D eigenvalue weighted by atomic mass is 9.95. The SMILES string of the molecule is CCCCCOc1ccc(-c2ccc(C(=O)N[C@@H](Cc3c[nH]c4ccccc34)C(=O)N[C@H](CC(N)=O)C(=O)N[C@@H](CC(=O)O)C(=O)N[C@@H]3C(=O)NCC(=O)N[C@@H](CCCN)C(=O)N[C@@H](CC=O)C(=O)N[C@H](C)C(=O)N[C@@H](CC(=O)O)C(=O)NCC(=O)N[C@H](CO)C(=O)N[C@@H]([C@H](C)CC(=O)O)C(=O)NC(C(=O)c4ccccc4N)C(=O)O[C@@H]3C)cc2)cc1. The van der Waals surface area contributed by atoms with Gasteiger partial charge in [0.1, 0.15) is 78.6 Å².